The van der Waals surface area contributed by atoms with Crippen LogP contribution < -0.4 is 10.5 Å². The van der Waals surface area contributed by atoms with E-state index in [1.54, 1.807) is 7.11 Å². The van der Waals surface area contributed by atoms with Crippen LogP contribution in [0.5, 0.6) is 5.75 Å². The Labute approximate surface area is 122 Å². The minimum absolute atomic E-state index is 0.0241. The van der Waals surface area contributed by atoms with Crippen LogP contribution in [-0.4, -0.2) is 42.4 Å². The van der Waals surface area contributed by atoms with E-state index in [0.717, 1.165) is 17.7 Å². The second-order valence-electron chi connectivity index (χ2n) is 5.35. The van der Waals surface area contributed by atoms with Crippen molar-refractivity contribution < 1.29 is 9.84 Å². The number of ether oxygens (including phenoxy) is 1. The first-order chi connectivity index (χ1) is 9.54. The fourth-order valence-electron chi connectivity index (χ4n) is 2.57. The Hall–Kier alpha value is -1.10. The third kappa shape index (κ3) is 4.20. The number of rotatable bonds is 8. The monoisotopic (exact) mass is 280 g/mol. The minimum atomic E-state index is 0.0241. The number of nitrogens with two attached hydrogens (primary N) is 1. The van der Waals surface area contributed by atoms with E-state index in [9.17, 15) is 5.11 Å². The van der Waals surface area contributed by atoms with Crippen molar-refractivity contribution in [2.75, 3.05) is 20.3 Å². The van der Waals surface area contributed by atoms with Gasteiger partial charge in [-0.3, -0.25) is 4.90 Å². The van der Waals surface area contributed by atoms with Crippen molar-refractivity contribution in [2.24, 2.45) is 5.73 Å². The Morgan fingerprint density at radius 3 is 2.55 bits per heavy atom. The molecule has 1 rings (SSSR count). The van der Waals surface area contributed by atoms with Crippen LogP contribution >= 0.6 is 0 Å². The normalized spacial score (nSPS) is 14.6. The highest BCUT2D eigenvalue weighted by Gasteiger charge is 2.27. The molecule has 0 aromatic heterocycles. The molecular formula is C16H28N2O2. The maximum absolute atomic E-state index is 9.33. The summed E-state index contributed by atoms with van der Waals surface area (Å²) in [5.41, 5.74) is 7.49. The molecule has 20 heavy (non-hydrogen) atoms. The molecule has 114 valence electrons. The van der Waals surface area contributed by atoms with Gasteiger partial charge in [0, 0.05) is 18.6 Å². The van der Waals surface area contributed by atoms with Crippen molar-refractivity contribution in [3.05, 3.63) is 29.8 Å². The molecule has 0 aliphatic heterocycles. The van der Waals surface area contributed by atoms with Gasteiger partial charge in [-0.05, 0) is 38.0 Å². The molecule has 2 atom stereocenters. The van der Waals surface area contributed by atoms with Crippen LogP contribution in [0.15, 0.2) is 24.3 Å². The van der Waals surface area contributed by atoms with Gasteiger partial charge >= 0.3 is 0 Å². The van der Waals surface area contributed by atoms with Gasteiger partial charge in [-0.1, -0.05) is 19.1 Å². The summed E-state index contributed by atoms with van der Waals surface area (Å²) < 4.78 is 5.31. The SMILES string of the molecule is CCC(N)C(c1cccc(OC)c1)N(CCO)C(C)C. The number of hydrogen-bond donors (Lipinski definition) is 2. The second kappa shape index (κ2) is 8.25. The van der Waals surface area contributed by atoms with Gasteiger partial charge < -0.3 is 15.6 Å². The molecule has 0 amide bonds. The third-order valence-electron chi connectivity index (χ3n) is 3.69. The Morgan fingerprint density at radius 2 is 2.05 bits per heavy atom. The van der Waals surface area contributed by atoms with E-state index in [1.807, 2.05) is 18.2 Å². The minimum Gasteiger partial charge on any atom is -0.497 e. The highest BCUT2D eigenvalue weighted by molar-refractivity contribution is 5.31. The van der Waals surface area contributed by atoms with E-state index in [0.29, 0.717) is 12.6 Å². The molecule has 0 bridgehead atoms. The maximum atomic E-state index is 9.33. The predicted molar refractivity (Wildman–Crippen MR) is 82.9 cm³/mol. The molecule has 0 saturated carbocycles. The van der Waals surface area contributed by atoms with Gasteiger partial charge in [0.1, 0.15) is 5.75 Å². The number of aliphatic hydroxyl groups excluding tert-OH is 1. The highest BCUT2D eigenvalue weighted by atomic mass is 16.5. The lowest BCUT2D eigenvalue weighted by molar-refractivity contribution is 0.101. The van der Waals surface area contributed by atoms with Crippen molar-refractivity contribution >= 4 is 0 Å². The van der Waals surface area contributed by atoms with Crippen molar-refractivity contribution in [3.8, 4) is 5.75 Å². The van der Waals surface area contributed by atoms with E-state index < -0.39 is 0 Å². The Bertz CT molecular complexity index is 396. The quantitative estimate of drug-likeness (QED) is 0.766. The van der Waals surface area contributed by atoms with Crippen molar-refractivity contribution in [1.29, 1.82) is 0 Å². The van der Waals surface area contributed by atoms with Crippen molar-refractivity contribution in [3.63, 3.8) is 0 Å². The molecule has 0 heterocycles. The number of benzene rings is 1. The van der Waals surface area contributed by atoms with Crippen LogP contribution in [-0.2, 0) is 0 Å². The molecule has 0 aliphatic rings. The first-order valence-electron chi connectivity index (χ1n) is 7.31. The lowest BCUT2D eigenvalue weighted by atomic mass is 9.95. The molecule has 0 spiro atoms. The van der Waals surface area contributed by atoms with Crippen LogP contribution in [0, 0.1) is 0 Å². The van der Waals surface area contributed by atoms with Crippen LogP contribution in [0.25, 0.3) is 0 Å². The smallest absolute Gasteiger partial charge is 0.119 e. The molecule has 1 aromatic rings. The summed E-state index contributed by atoms with van der Waals surface area (Å²) in [6.07, 6.45) is 0.885. The van der Waals surface area contributed by atoms with Crippen LogP contribution in [0.3, 0.4) is 0 Å². The fraction of sp³-hybridized carbons (Fsp3) is 0.625. The Kier molecular flexibility index (Phi) is 6.99. The molecule has 0 radical (unpaired) electrons. The molecule has 3 N–H and O–H groups in total. The Balaban J connectivity index is 3.15. The average Bonchev–Trinajstić information content (AvgIpc) is 2.46. The molecule has 2 unspecified atom stereocenters. The largest absolute Gasteiger partial charge is 0.497 e. The van der Waals surface area contributed by atoms with E-state index in [1.165, 1.54) is 0 Å². The lowest BCUT2D eigenvalue weighted by Crippen LogP contribution is -2.45. The van der Waals surface area contributed by atoms with Gasteiger partial charge in [-0.25, -0.2) is 0 Å². The molecule has 4 nitrogen and oxygen atoms in total. The maximum Gasteiger partial charge on any atom is 0.119 e. The molecule has 0 fully saturated rings. The Morgan fingerprint density at radius 1 is 1.35 bits per heavy atom. The van der Waals surface area contributed by atoms with E-state index >= 15 is 0 Å². The molecular weight excluding hydrogens is 252 g/mol. The standard InChI is InChI=1S/C16H28N2O2/c1-5-15(17)16(18(9-10-19)12(2)3)13-7-6-8-14(11-13)20-4/h6-8,11-12,15-16,19H,5,9-10,17H2,1-4H3. The van der Waals surface area contributed by atoms with Gasteiger partial charge in [0.2, 0.25) is 0 Å². The molecule has 0 saturated heterocycles. The molecule has 0 aliphatic carbocycles. The van der Waals surface area contributed by atoms with Crippen molar-refractivity contribution in [2.45, 2.75) is 45.3 Å². The first-order valence-corrected chi connectivity index (χ1v) is 7.31. The van der Waals surface area contributed by atoms with Gasteiger partial charge in [-0.15, -0.1) is 0 Å². The number of aliphatic hydroxyl groups is 1. The first kappa shape index (κ1) is 17.0. The summed E-state index contributed by atoms with van der Waals surface area (Å²) in [5.74, 6) is 0.837. The zero-order valence-electron chi connectivity index (χ0n) is 13.0. The zero-order chi connectivity index (χ0) is 15.1. The summed E-state index contributed by atoms with van der Waals surface area (Å²) in [7, 11) is 1.67. The van der Waals surface area contributed by atoms with Gasteiger partial charge in [0.25, 0.3) is 0 Å². The number of nitrogens with zero attached hydrogens (tertiary/aromatic N) is 1. The third-order valence-corrected chi connectivity index (χ3v) is 3.69. The summed E-state index contributed by atoms with van der Waals surface area (Å²) in [6, 6.07) is 8.46. The van der Waals surface area contributed by atoms with E-state index in [-0.39, 0.29) is 18.7 Å². The van der Waals surface area contributed by atoms with Crippen LogP contribution in [0.2, 0.25) is 0 Å². The summed E-state index contributed by atoms with van der Waals surface area (Å²) >= 11 is 0. The summed E-state index contributed by atoms with van der Waals surface area (Å²) in [5, 5.41) is 9.33. The number of methoxy groups -OCH3 is 1. The predicted octanol–water partition coefficient (Wildman–Crippen LogP) is 2.18. The fourth-order valence-corrected chi connectivity index (χ4v) is 2.57. The molecule has 4 heteroatoms. The van der Waals surface area contributed by atoms with Crippen molar-refractivity contribution in [1.82, 2.24) is 4.90 Å². The van der Waals surface area contributed by atoms with E-state index in [2.05, 4.69) is 31.7 Å². The summed E-state index contributed by atoms with van der Waals surface area (Å²) in [6.45, 7) is 7.11. The number of hydrogen-bond acceptors (Lipinski definition) is 4. The second-order valence-corrected chi connectivity index (χ2v) is 5.35. The summed E-state index contributed by atoms with van der Waals surface area (Å²) in [4.78, 5) is 2.25. The topological polar surface area (TPSA) is 58.7 Å². The van der Waals surface area contributed by atoms with E-state index in [4.69, 9.17) is 10.5 Å². The average molecular weight is 280 g/mol. The van der Waals surface area contributed by atoms with Crippen LogP contribution in [0.1, 0.15) is 38.8 Å². The highest BCUT2D eigenvalue weighted by Crippen LogP contribution is 2.29. The molecule has 1 aromatic carbocycles. The van der Waals surface area contributed by atoms with Gasteiger partial charge in [0.05, 0.1) is 19.8 Å². The van der Waals surface area contributed by atoms with Crippen LogP contribution in [0.4, 0.5) is 0 Å². The van der Waals surface area contributed by atoms with Gasteiger partial charge in [-0.2, -0.15) is 0 Å². The lowest BCUT2D eigenvalue weighted by Gasteiger charge is -2.38. The zero-order valence-corrected chi connectivity index (χ0v) is 13.0. The van der Waals surface area contributed by atoms with Gasteiger partial charge in [0.15, 0.2) is 0 Å².